The highest BCUT2D eigenvalue weighted by Crippen LogP contribution is 2.28. The van der Waals surface area contributed by atoms with Crippen molar-refractivity contribution in [2.45, 2.75) is 19.9 Å². The van der Waals surface area contributed by atoms with Gasteiger partial charge < -0.3 is 5.32 Å². The molecule has 0 amide bonds. The van der Waals surface area contributed by atoms with E-state index in [1.807, 2.05) is 30.6 Å². The van der Waals surface area contributed by atoms with Gasteiger partial charge in [-0.2, -0.15) is 0 Å². The van der Waals surface area contributed by atoms with Gasteiger partial charge in [0, 0.05) is 6.20 Å². The van der Waals surface area contributed by atoms with E-state index in [1.165, 1.54) is 6.07 Å². The number of fused-ring (bicyclic) bond motifs is 1. The van der Waals surface area contributed by atoms with E-state index >= 15 is 0 Å². The number of nitrogens with zero attached hydrogens (tertiary/aromatic N) is 1. The highest BCUT2D eigenvalue weighted by atomic mass is 32.1. The van der Waals surface area contributed by atoms with Crippen molar-refractivity contribution < 1.29 is 4.39 Å². The SMILES string of the molecule is CCNC(c1cnc2ccsc2c1)c1cc(F)ccc1C. The van der Waals surface area contributed by atoms with Crippen LogP contribution in [0.4, 0.5) is 4.39 Å². The summed E-state index contributed by atoms with van der Waals surface area (Å²) in [4.78, 5) is 4.50. The molecule has 0 fully saturated rings. The molecule has 2 aromatic heterocycles. The van der Waals surface area contributed by atoms with Crippen molar-refractivity contribution in [1.82, 2.24) is 10.3 Å². The average molecular weight is 300 g/mol. The van der Waals surface area contributed by atoms with E-state index in [4.69, 9.17) is 0 Å². The van der Waals surface area contributed by atoms with Gasteiger partial charge >= 0.3 is 0 Å². The third-order valence-electron chi connectivity index (χ3n) is 3.62. The van der Waals surface area contributed by atoms with Crippen molar-refractivity contribution in [3.05, 3.63) is 64.4 Å². The molecule has 0 aliphatic heterocycles. The van der Waals surface area contributed by atoms with Gasteiger partial charge in [-0.25, -0.2) is 4.39 Å². The summed E-state index contributed by atoms with van der Waals surface area (Å²) < 4.78 is 14.8. The monoisotopic (exact) mass is 300 g/mol. The van der Waals surface area contributed by atoms with Crippen molar-refractivity contribution in [3.63, 3.8) is 0 Å². The Morgan fingerprint density at radius 1 is 1.29 bits per heavy atom. The van der Waals surface area contributed by atoms with Gasteiger partial charge in [-0.1, -0.05) is 13.0 Å². The molecule has 0 aliphatic rings. The summed E-state index contributed by atoms with van der Waals surface area (Å²) in [6.07, 6.45) is 1.88. The van der Waals surface area contributed by atoms with Gasteiger partial charge in [0.1, 0.15) is 5.82 Å². The van der Waals surface area contributed by atoms with Crippen LogP contribution in [0.1, 0.15) is 29.7 Å². The van der Waals surface area contributed by atoms with Crippen LogP contribution in [0.25, 0.3) is 10.2 Å². The van der Waals surface area contributed by atoms with Crippen LogP contribution in [-0.4, -0.2) is 11.5 Å². The van der Waals surface area contributed by atoms with Gasteiger partial charge in [-0.05, 0) is 59.8 Å². The number of aryl methyl sites for hydroxylation is 1. The molecule has 1 N–H and O–H groups in total. The van der Waals surface area contributed by atoms with Crippen LogP contribution in [0.3, 0.4) is 0 Å². The molecule has 1 atom stereocenters. The number of benzene rings is 1. The number of halogens is 1. The molecule has 1 aromatic carbocycles. The molecule has 0 saturated carbocycles. The molecule has 1 unspecified atom stereocenters. The zero-order valence-electron chi connectivity index (χ0n) is 12.1. The Balaban J connectivity index is 2.09. The summed E-state index contributed by atoms with van der Waals surface area (Å²) in [5.74, 6) is -0.205. The highest BCUT2D eigenvalue weighted by Gasteiger charge is 2.17. The summed E-state index contributed by atoms with van der Waals surface area (Å²) >= 11 is 1.68. The molecule has 0 saturated heterocycles. The molecule has 0 aliphatic carbocycles. The van der Waals surface area contributed by atoms with Crippen LogP contribution in [0.5, 0.6) is 0 Å². The van der Waals surface area contributed by atoms with Gasteiger partial charge in [0.25, 0.3) is 0 Å². The predicted octanol–water partition coefficient (Wildman–Crippen LogP) is 4.44. The van der Waals surface area contributed by atoms with E-state index in [-0.39, 0.29) is 11.9 Å². The molecule has 0 bridgehead atoms. The van der Waals surface area contributed by atoms with E-state index in [1.54, 1.807) is 17.4 Å². The van der Waals surface area contributed by atoms with Gasteiger partial charge in [0.2, 0.25) is 0 Å². The van der Waals surface area contributed by atoms with E-state index in [2.05, 4.69) is 23.3 Å². The lowest BCUT2D eigenvalue weighted by atomic mass is 9.95. The van der Waals surface area contributed by atoms with E-state index in [0.717, 1.165) is 33.5 Å². The normalized spacial score (nSPS) is 12.7. The first-order valence-electron chi connectivity index (χ1n) is 7.01. The second-order valence-corrected chi connectivity index (χ2v) is 6.01. The minimum absolute atomic E-state index is 0.0373. The molecule has 21 heavy (non-hydrogen) atoms. The Morgan fingerprint density at radius 2 is 2.14 bits per heavy atom. The van der Waals surface area contributed by atoms with Gasteiger partial charge in [-0.3, -0.25) is 4.98 Å². The molecule has 108 valence electrons. The summed E-state index contributed by atoms with van der Waals surface area (Å²) in [7, 11) is 0. The molecular formula is C17H17FN2S. The van der Waals surface area contributed by atoms with Gasteiger partial charge in [-0.15, -0.1) is 11.3 Å². The lowest BCUT2D eigenvalue weighted by Crippen LogP contribution is -2.23. The Hall–Kier alpha value is -1.78. The maximum Gasteiger partial charge on any atom is 0.123 e. The second kappa shape index (κ2) is 5.92. The number of rotatable bonds is 4. The molecule has 2 heterocycles. The molecule has 3 aromatic rings. The average Bonchev–Trinajstić information content (AvgIpc) is 2.95. The zero-order chi connectivity index (χ0) is 14.8. The van der Waals surface area contributed by atoms with E-state index < -0.39 is 0 Å². The summed E-state index contributed by atoms with van der Waals surface area (Å²) in [5.41, 5.74) is 4.12. The third kappa shape index (κ3) is 2.82. The number of aromatic nitrogens is 1. The van der Waals surface area contributed by atoms with Crippen LogP contribution < -0.4 is 5.32 Å². The Labute approximate surface area is 127 Å². The molecule has 3 rings (SSSR count). The van der Waals surface area contributed by atoms with Crippen molar-refractivity contribution in [1.29, 1.82) is 0 Å². The highest BCUT2D eigenvalue weighted by molar-refractivity contribution is 7.17. The zero-order valence-corrected chi connectivity index (χ0v) is 12.9. The lowest BCUT2D eigenvalue weighted by molar-refractivity contribution is 0.600. The first-order chi connectivity index (χ1) is 10.2. The molecular weight excluding hydrogens is 283 g/mol. The maximum absolute atomic E-state index is 13.6. The third-order valence-corrected chi connectivity index (χ3v) is 4.47. The summed E-state index contributed by atoms with van der Waals surface area (Å²) in [5, 5.41) is 5.48. The molecule has 2 nitrogen and oxygen atoms in total. The smallest absolute Gasteiger partial charge is 0.123 e. The first kappa shape index (κ1) is 14.2. The fourth-order valence-electron chi connectivity index (χ4n) is 2.55. The Morgan fingerprint density at radius 3 is 2.95 bits per heavy atom. The minimum Gasteiger partial charge on any atom is -0.306 e. The van der Waals surface area contributed by atoms with E-state index in [0.29, 0.717) is 0 Å². The molecule has 0 radical (unpaired) electrons. The first-order valence-corrected chi connectivity index (χ1v) is 7.89. The number of hydrogen-bond acceptors (Lipinski definition) is 3. The largest absolute Gasteiger partial charge is 0.306 e. The van der Waals surface area contributed by atoms with Crippen molar-refractivity contribution in [3.8, 4) is 0 Å². The fraction of sp³-hybridized carbons (Fsp3) is 0.235. The number of hydrogen-bond donors (Lipinski definition) is 1. The quantitative estimate of drug-likeness (QED) is 0.770. The number of thiophene rings is 1. The van der Waals surface area contributed by atoms with Crippen LogP contribution >= 0.6 is 11.3 Å². The summed E-state index contributed by atoms with van der Waals surface area (Å²) in [6.45, 7) is 4.87. The maximum atomic E-state index is 13.6. The Bertz CT molecular complexity index is 766. The van der Waals surface area contributed by atoms with Crippen LogP contribution in [0.15, 0.2) is 41.9 Å². The van der Waals surface area contributed by atoms with E-state index in [9.17, 15) is 4.39 Å². The van der Waals surface area contributed by atoms with Crippen molar-refractivity contribution in [2.24, 2.45) is 0 Å². The standard InChI is InChI=1S/C17H17FN2S/c1-3-19-17(14-9-13(18)5-4-11(14)2)12-8-16-15(20-10-12)6-7-21-16/h4-10,17,19H,3H2,1-2H3. The second-order valence-electron chi connectivity index (χ2n) is 5.06. The fourth-order valence-corrected chi connectivity index (χ4v) is 3.34. The minimum atomic E-state index is -0.205. The number of nitrogens with one attached hydrogen (secondary N) is 1. The Kier molecular flexibility index (Phi) is 3.99. The van der Waals surface area contributed by atoms with Gasteiger partial charge in [0.05, 0.1) is 16.3 Å². The molecule has 0 spiro atoms. The topological polar surface area (TPSA) is 24.9 Å². The number of pyridine rings is 1. The van der Waals surface area contributed by atoms with Gasteiger partial charge in [0.15, 0.2) is 0 Å². The van der Waals surface area contributed by atoms with Crippen LogP contribution in [0.2, 0.25) is 0 Å². The molecule has 4 heteroatoms. The predicted molar refractivity (Wildman–Crippen MR) is 86.3 cm³/mol. The summed E-state index contributed by atoms with van der Waals surface area (Å²) in [6, 6.07) is 9.06. The van der Waals surface area contributed by atoms with Crippen molar-refractivity contribution in [2.75, 3.05) is 6.54 Å². The van der Waals surface area contributed by atoms with Crippen LogP contribution in [-0.2, 0) is 0 Å². The van der Waals surface area contributed by atoms with Crippen molar-refractivity contribution >= 4 is 21.6 Å². The van der Waals surface area contributed by atoms with Crippen LogP contribution in [0, 0.1) is 12.7 Å². The lowest BCUT2D eigenvalue weighted by Gasteiger charge is -2.20.